The third-order valence-corrected chi connectivity index (χ3v) is 6.07. The molecule has 1 saturated carbocycles. The fourth-order valence-electron chi connectivity index (χ4n) is 4.28. The Labute approximate surface area is 170 Å². The number of amides is 1. The first kappa shape index (κ1) is 18.3. The van der Waals surface area contributed by atoms with E-state index in [1.807, 2.05) is 40.0 Å². The van der Waals surface area contributed by atoms with E-state index in [1.54, 1.807) is 0 Å². The van der Waals surface area contributed by atoms with Crippen molar-refractivity contribution in [1.29, 1.82) is 0 Å². The Kier molecular flexibility index (Phi) is 4.22. The number of rotatable bonds is 3. The predicted molar refractivity (Wildman–Crippen MR) is 110 cm³/mol. The quantitative estimate of drug-likeness (QED) is 0.683. The number of nitrogens with zero attached hydrogens (tertiary/aromatic N) is 6. The third kappa shape index (κ3) is 3.32. The maximum Gasteiger partial charge on any atom is 0.272 e. The van der Waals surface area contributed by atoms with Crippen LogP contribution in [0.1, 0.15) is 80.3 Å². The molecule has 5 rings (SSSR count). The van der Waals surface area contributed by atoms with Crippen LogP contribution >= 0.6 is 0 Å². The Hall–Kier alpha value is -2.70. The number of carbonyl (C=O) groups is 1. The first-order valence-electron chi connectivity index (χ1n) is 10.6. The standard InChI is InChI=1S/C22H28N6O/c1-22(2,3)28-18(14-17(25-28)15-7-8-15)21(29)26-12-9-16(10-13-26)20-24-23-19-6-4-5-11-27(19)20/h4-6,11,14-16H,7-10,12-13H2,1-3H3. The summed E-state index contributed by atoms with van der Waals surface area (Å²) in [6.45, 7) is 7.79. The molecule has 7 heteroatoms. The number of fused-ring (bicyclic) bond motifs is 1. The van der Waals surface area contributed by atoms with Crippen molar-refractivity contribution >= 4 is 11.6 Å². The Morgan fingerprint density at radius 3 is 2.48 bits per heavy atom. The van der Waals surface area contributed by atoms with Gasteiger partial charge in [0, 0.05) is 31.1 Å². The molecule has 7 nitrogen and oxygen atoms in total. The molecule has 4 heterocycles. The number of aromatic nitrogens is 5. The van der Waals surface area contributed by atoms with Crippen molar-refractivity contribution in [3.63, 3.8) is 0 Å². The summed E-state index contributed by atoms with van der Waals surface area (Å²) in [5.74, 6) is 1.97. The Bertz CT molecular complexity index is 1050. The van der Waals surface area contributed by atoms with Gasteiger partial charge in [0.25, 0.3) is 5.91 Å². The van der Waals surface area contributed by atoms with Crippen LogP contribution in [0, 0.1) is 0 Å². The molecule has 1 amide bonds. The molecule has 3 aromatic heterocycles. The molecule has 0 bridgehead atoms. The fraction of sp³-hybridized carbons (Fsp3) is 0.545. The first-order valence-corrected chi connectivity index (χ1v) is 10.6. The van der Waals surface area contributed by atoms with Crippen LogP contribution in [-0.4, -0.2) is 48.3 Å². The zero-order chi connectivity index (χ0) is 20.2. The highest BCUT2D eigenvalue weighted by Gasteiger charge is 2.34. The molecule has 152 valence electrons. The number of carbonyl (C=O) groups excluding carboxylic acids is 1. The largest absolute Gasteiger partial charge is 0.337 e. The minimum Gasteiger partial charge on any atom is -0.337 e. The van der Waals surface area contributed by atoms with Crippen LogP contribution in [0.5, 0.6) is 0 Å². The molecule has 1 aliphatic carbocycles. The lowest BCUT2D eigenvalue weighted by atomic mass is 9.95. The molecule has 1 aliphatic heterocycles. The third-order valence-electron chi connectivity index (χ3n) is 6.07. The van der Waals surface area contributed by atoms with Crippen LogP contribution in [0.2, 0.25) is 0 Å². The summed E-state index contributed by atoms with van der Waals surface area (Å²) >= 11 is 0. The van der Waals surface area contributed by atoms with Gasteiger partial charge < -0.3 is 4.90 Å². The van der Waals surface area contributed by atoms with Crippen LogP contribution in [0.15, 0.2) is 30.5 Å². The molecule has 29 heavy (non-hydrogen) atoms. The SMILES string of the molecule is CC(C)(C)n1nc(C2CC2)cc1C(=O)N1CCC(c2nnc3ccccn23)CC1. The highest BCUT2D eigenvalue weighted by atomic mass is 16.2. The van der Waals surface area contributed by atoms with Crippen molar-refractivity contribution in [3.8, 4) is 0 Å². The Morgan fingerprint density at radius 2 is 1.79 bits per heavy atom. The van der Waals surface area contributed by atoms with Gasteiger partial charge in [-0.2, -0.15) is 5.10 Å². The predicted octanol–water partition coefficient (Wildman–Crippen LogP) is 3.58. The number of pyridine rings is 1. The molecule has 0 radical (unpaired) electrons. The van der Waals surface area contributed by atoms with Crippen molar-refractivity contribution < 1.29 is 4.79 Å². The molecular weight excluding hydrogens is 364 g/mol. The van der Waals surface area contributed by atoms with Crippen molar-refractivity contribution in [2.24, 2.45) is 0 Å². The average Bonchev–Trinajstić information content (AvgIpc) is 3.31. The number of piperidine rings is 1. The topological polar surface area (TPSA) is 68.3 Å². The van der Waals surface area contributed by atoms with Crippen LogP contribution in [0.25, 0.3) is 5.65 Å². The van der Waals surface area contributed by atoms with Gasteiger partial charge in [0.2, 0.25) is 0 Å². The molecule has 1 saturated heterocycles. The lowest BCUT2D eigenvalue weighted by molar-refractivity contribution is 0.0690. The molecule has 0 N–H and O–H groups in total. The van der Waals surface area contributed by atoms with Gasteiger partial charge in [-0.25, -0.2) is 0 Å². The average molecular weight is 393 g/mol. The van der Waals surface area contributed by atoms with Crippen molar-refractivity contribution in [3.05, 3.63) is 47.7 Å². The van der Waals surface area contributed by atoms with Gasteiger partial charge in [-0.05, 0) is 64.7 Å². The van der Waals surface area contributed by atoms with Gasteiger partial charge in [-0.15, -0.1) is 10.2 Å². The Balaban J connectivity index is 1.34. The van der Waals surface area contributed by atoms with E-state index < -0.39 is 0 Å². The number of hydrogen-bond acceptors (Lipinski definition) is 4. The summed E-state index contributed by atoms with van der Waals surface area (Å²) in [6.07, 6.45) is 6.20. The summed E-state index contributed by atoms with van der Waals surface area (Å²) in [6, 6.07) is 7.98. The second kappa shape index (κ2) is 6.68. The highest BCUT2D eigenvalue weighted by molar-refractivity contribution is 5.93. The van der Waals surface area contributed by atoms with E-state index in [9.17, 15) is 4.79 Å². The lowest BCUT2D eigenvalue weighted by Gasteiger charge is -2.32. The Morgan fingerprint density at radius 1 is 1.03 bits per heavy atom. The molecule has 0 spiro atoms. The molecular formula is C22H28N6O. The van der Waals surface area contributed by atoms with E-state index in [0.29, 0.717) is 11.8 Å². The zero-order valence-corrected chi connectivity index (χ0v) is 17.4. The normalized spacial score (nSPS) is 18.5. The van der Waals surface area contributed by atoms with Gasteiger partial charge >= 0.3 is 0 Å². The highest BCUT2D eigenvalue weighted by Crippen LogP contribution is 2.40. The van der Waals surface area contributed by atoms with Crippen molar-refractivity contribution in [2.45, 2.75) is 63.8 Å². The van der Waals surface area contributed by atoms with Crippen LogP contribution in [0.3, 0.4) is 0 Å². The van der Waals surface area contributed by atoms with Crippen molar-refractivity contribution in [2.75, 3.05) is 13.1 Å². The molecule has 0 unspecified atom stereocenters. The van der Waals surface area contributed by atoms with Gasteiger partial charge in [0.05, 0.1) is 11.2 Å². The monoisotopic (exact) mass is 392 g/mol. The first-order chi connectivity index (χ1) is 13.9. The van der Waals surface area contributed by atoms with E-state index in [2.05, 4.69) is 35.4 Å². The maximum absolute atomic E-state index is 13.4. The summed E-state index contributed by atoms with van der Waals surface area (Å²) < 4.78 is 4.00. The van der Waals surface area contributed by atoms with E-state index >= 15 is 0 Å². The van der Waals surface area contributed by atoms with Gasteiger partial charge in [-0.3, -0.25) is 13.9 Å². The van der Waals surface area contributed by atoms with Crippen LogP contribution in [0.4, 0.5) is 0 Å². The van der Waals surface area contributed by atoms with E-state index in [4.69, 9.17) is 5.10 Å². The second-order valence-corrected chi connectivity index (χ2v) is 9.36. The molecule has 0 aromatic carbocycles. The van der Waals surface area contributed by atoms with E-state index in [1.165, 1.54) is 12.8 Å². The van der Waals surface area contributed by atoms with Crippen LogP contribution in [-0.2, 0) is 5.54 Å². The fourth-order valence-corrected chi connectivity index (χ4v) is 4.28. The number of hydrogen-bond donors (Lipinski definition) is 0. The summed E-state index contributed by atoms with van der Waals surface area (Å²) in [7, 11) is 0. The van der Waals surface area contributed by atoms with Crippen molar-refractivity contribution in [1.82, 2.24) is 29.3 Å². The zero-order valence-electron chi connectivity index (χ0n) is 17.4. The minimum absolute atomic E-state index is 0.101. The summed E-state index contributed by atoms with van der Waals surface area (Å²) in [5.41, 5.74) is 2.47. The summed E-state index contributed by atoms with van der Waals surface area (Å²) in [5, 5.41) is 13.5. The lowest BCUT2D eigenvalue weighted by Crippen LogP contribution is -2.40. The second-order valence-electron chi connectivity index (χ2n) is 9.36. The van der Waals surface area contributed by atoms with Gasteiger partial charge in [0.15, 0.2) is 5.65 Å². The molecule has 2 aliphatic rings. The summed E-state index contributed by atoms with van der Waals surface area (Å²) in [4.78, 5) is 15.3. The molecule has 0 atom stereocenters. The molecule has 3 aromatic rings. The van der Waals surface area contributed by atoms with Gasteiger partial charge in [0.1, 0.15) is 11.5 Å². The van der Waals surface area contributed by atoms with Crippen LogP contribution < -0.4 is 0 Å². The maximum atomic E-state index is 13.4. The van der Waals surface area contributed by atoms with E-state index in [0.717, 1.165) is 48.8 Å². The molecule has 2 fully saturated rings. The van der Waals surface area contributed by atoms with E-state index in [-0.39, 0.29) is 11.4 Å². The van der Waals surface area contributed by atoms with Gasteiger partial charge in [-0.1, -0.05) is 6.07 Å². The number of likely N-dealkylation sites (tertiary alicyclic amines) is 1. The minimum atomic E-state index is -0.211. The smallest absolute Gasteiger partial charge is 0.272 e.